The minimum Gasteiger partial charge on any atom is -0.480 e. The van der Waals surface area contributed by atoms with Gasteiger partial charge in [0.2, 0.25) is 11.8 Å². The van der Waals surface area contributed by atoms with E-state index in [0.29, 0.717) is 18.4 Å². The van der Waals surface area contributed by atoms with Crippen molar-refractivity contribution in [1.82, 2.24) is 15.3 Å². The molecular weight excluding hydrogens is 210 g/mol. The average molecular weight is 225 g/mol. The first-order valence-corrected chi connectivity index (χ1v) is 5.19. The average Bonchev–Trinajstić information content (AvgIpc) is 2.38. The fourth-order valence-electron chi connectivity index (χ4n) is 1.40. The molecule has 0 saturated carbocycles. The van der Waals surface area contributed by atoms with Crippen molar-refractivity contribution in [3.63, 3.8) is 0 Å². The summed E-state index contributed by atoms with van der Waals surface area (Å²) in [7, 11) is 1.54. The lowest BCUT2D eigenvalue weighted by Crippen LogP contribution is -2.41. The molecule has 6 nitrogen and oxygen atoms in total. The van der Waals surface area contributed by atoms with Crippen molar-refractivity contribution in [2.24, 2.45) is 0 Å². The Bertz CT molecular complexity index is 329. The lowest BCUT2D eigenvalue weighted by molar-refractivity contribution is -0.000926. The summed E-state index contributed by atoms with van der Waals surface area (Å²) in [6.45, 7) is 2.89. The number of rotatable bonds is 4. The summed E-state index contributed by atoms with van der Waals surface area (Å²) in [4.78, 5) is 8.04. The molecule has 0 amide bonds. The number of aromatic nitrogens is 2. The van der Waals surface area contributed by atoms with E-state index >= 15 is 0 Å². The Kier molecular flexibility index (Phi) is 3.90. The lowest BCUT2D eigenvalue weighted by atomic mass is 10.3. The molecule has 1 saturated heterocycles. The van der Waals surface area contributed by atoms with Crippen molar-refractivity contribution >= 4 is 0 Å². The number of nitrogens with one attached hydrogen (secondary N) is 1. The molecule has 0 aliphatic carbocycles. The van der Waals surface area contributed by atoms with Crippen LogP contribution >= 0.6 is 0 Å². The van der Waals surface area contributed by atoms with Crippen molar-refractivity contribution in [2.75, 3.05) is 33.4 Å². The monoisotopic (exact) mass is 225 g/mol. The smallest absolute Gasteiger partial charge is 0.235 e. The van der Waals surface area contributed by atoms with Gasteiger partial charge >= 0.3 is 0 Å². The zero-order valence-electron chi connectivity index (χ0n) is 9.18. The Morgan fingerprint density at radius 3 is 3.12 bits per heavy atom. The Morgan fingerprint density at radius 2 is 2.38 bits per heavy atom. The minimum atomic E-state index is 0.0711. The lowest BCUT2D eigenvalue weighted by Gasteiger charge is -2.23. The number of hydrogen-bond donors (Lipinski definition) is 1. The van der Waals surface area contributed by atoms with Crippen LogP contribution in [-0.2, 0) is 4.74 Å². The molecule has 1 aliphatic rings. The van der Waals surface area contributed by atoms with Gasteiger partial charge in [-0.15, -0.1) is 0 Å². The first-order valence-electron chi connectivity index (χ1n) is 5.19. The first-order chi connectivity index (χ1) is 7.88. The summed E-state index contributed by atoms with van der Waals surface area (Å²) in [5.41, 5.74) is 0. The van der Waals surface area contributed by atoms with E-state index in [1.54, 1.807) is 13.3 Å². The van der Waals surface area contributed by atoms with Crippen LogP contribution in [0.15, 0.2) is 12.4 Å². The molecule has 0 bridgehead atoms. The molecule has 0 aromatic carbocycles. The zero-order chi connectivity index (χ0) is 11.2. The normalized spacial score (nSPS) is 20.4. The van der Waals surface area contributed by atoms with Gasteiger partial charge in [0.15, 0.2) is 0 Å². The van der Waals surface area contributed by atoms with Gasteiger partial charge in [0.25, 0.3) is 0 Å². The Hall–Kier alpha value is -1.40. The summed E-state index contributed by atoms with van der Waals surface area (Å²) >= 11 is 0. The molecule has 1 fully saturated rings. The molecule has 1 aliphatic heterocycles. The molecule has 2 heterocycles. The predicted molar refractivity (Wildman–Crippen MR) is 56.7 cm³/mol. The molecule has 1 aromatic heterocycles. The largest absolute Gasteiger partial charge is 0.480 e. The summed E-state index contributed by atoms with van der Waals surface area (Å²) in [6, 6.07) is 0. The van der Waals surface area contributed by atoms with Crippen LogP contribution in [0.25, 0.3) is 0 Å². The highest BCUT2D eigenvalue weighted by atomic mass is 16.5. The molecule has 0 spiro atoms. The van der Waals surface area contributed by atoms with Crippen LogP contribution < -0.4 is 14.8 Å². The second-order valence-corrected chi connectivity index (χ2v) is 3.41. The van der Waals surface area contributed by atoms with E-state index in [2.05, 4.69) is 15.3 Å². The van der Waals surface area contributed by atoms with E-state index in [9.17, 15) is 0 Å². The van der Waals surface area contributed by atoms with Crippen LogP contribution in [-0.4, -0.2) is 49.5 Å². The molecule has 88 valence electrons. The standard InChI is InChI=1S/C10H15N3O3/c1-14-9-5-12-6-10(13-9)16-7-8-4-11-2-3-15-8/h5-6,8,11H,2-4,7H2,1H3. The van der Waals surface area contributed by atoms with E-state index in [1.165, 1.54) is 6.20 Å². The fraction of sp³-hybridized carbons (Fsp3) is 0.600. The highest BCUT2D eigenvalue weighted by Crippen LogP contribution is 2.11. The maximum absolute atomic E-state index is 5.49. The van der Waals surface area contributed by atoms with Crippen molar-refractivity contribution in [1.29, 1.82) is 0 Å². The van der Waals surface area contributed by atoms with Gasteiger partial charge in [-0.05, 0) is 0 Å². The van der Waals surface area contributed by atoms with Crippen LogP contribution in [0.3, 0.4) is 0 Å². The van der Waals surface area contributed by atoms with Crippen molar-refractivity contribution in [3.8, 4) is 11.8 Å². The van der Waals surface area contributed by atoms with E-state index in [-0.39, 0.29) is 6.10 Å². The van der Waals surface area contributed by atoms with Crippen molar-refractivity contribution in [3.05, 3.63) is 12.4 Å². The van der Waals surface area contributed by atoms with Gasteiger partial charge in [-0.3, -0.25) is 4.98 Å². The van der Waals surface area contributed by atoms with Gasteiger partial charge in [0, 0.05) is 13.1 Å². The van der Waals surface area contributed by atoms with Gasteiger partial charge in [-0.1, -0.05) is 0 Å². The first kappa shape index (κ1) is 11.1. The zero-order valence-corrected chi connectivity index (χ0v) is 9.18. The van der Waals surface area contributed by atoms with E-state index in [1.807, 2.05) is 0 Å². The molecular formula is C10H15N3O3. The van der Waals surface area contributed by atoms with E-state index < -0.39 is 0 Å². The summed E-state index contributed by atoms with van der Waals surface area (Å²) in [5.74, 6) is 0.897. The molecule has 1 N–H and O–H groups in total. The van der Waals surface area contributed by atoms with E-state index in [4.69, 9.17) is 14.2 Å². The molecule has 6 heteroatoms. The van der Waals surface area contributed by atoms with E-state index in [0.717, 1.165) is 19.7 Å². The molecule has 1 atom stereocenters. The van der Waals surface area contributed by atoms with Gasteiger partial charge in [-0.2, -0.15) is 4.98 Å². The fourth-order valence-corrected chi connectivity index (χ4v) is 1.40. The summed E-state index contributed by atoms with van der Waals surface area (Å²) in [5, 5.41) is 3.23. The second kappa shape index (κ2) is 5.62. The van der Waals surface area contributed by atoms with Gasteiger partial charge in [0.1, 0.15) is 12.7 Å². The van der Waals surface area contributed by atoms with Gasteiger partial charge in [0.05, 0.1) is 26.1 Å². The molecule has 1 unspecified atom stereocenters. The SMILES string of the molecule is COc1cncc(OCC2CNCCO2)n1. The third-order valence-electron chi connectivity index (χ3n) is 2.22. The van der Waals surface area contributed by atoms with Crippen LogP contribution in [0.4, 0.5) is 0 Å². The predicted octanol–water partition coefficient (Wildman–Crippen LogP) is -0.148. The third kappa shape index (κ3) is 3.04. The topological polar surface area (TPSA) is 65.5 Å². The molecule has 16 heavy (non-hydrogen) atoms. The maximum atomic E-state index is 5.49. The Labute approximate surface area is 93.9 Å². The number of methoxy groups -OCH3 is 1. The van der Waals surface area contributed by atoms with Crippen LogP contribution in [0, 0.1) is 0 Å². The highest BCUT2D eigenvalue weighted by molar-refractivity contribution is 5.12. The van der Waals surface area contributed by atoms with Gasteiger partial charge in [-0.25, -0.2) is 0 Å². The minimum absolute atomic E-state index is 0.0711. The number of nitrogens with zero attached hydrogens (tertiary/aromatic N) is 2. The highest BCUT2D eigenvalue weighted by Gasteiger charge is 2.14. The maximum Gasteiger partial charge on any atom is 0.235 e. The Morgan fingerprint density at radius 1 is 1.50 bits per heavy atom. The summed E-state index contributed by atoms with van der Waals surface area (Å²) < 4.78 is 15.9. The number of morpholine rings is 1. The number of ether oxygens (including phenoxy) is 3. The summed E-state index contributed by atoms with van der Waals surface area (Å²) in [6.07, 6.45) is 3.16. The molecule has 0 radical (unpaired) electrons. The van der Waals surface area contributed by atoms with Gasteiger partial charge < -0.3 is 19.5 Å². The second-order valence-electron chi connectivity index (χ2n) is 3.41. The molecule has 2 rings (SSSR count). The van der Waals surface area contributed by atoms with Crippen LogP contribution in [0.1, 0.15) is 0 Å². The quantitative estimate of drug-likeness (QED) is 0.769. The van der Waals surface area contributed by atoms with Crippen molar-refractivity contribution in [2.45, 2.75) is 6.10 Å². The van der Waals surface area contributed by atoms with Crippen LogP contribution in [0.2, 0.25) is 0 Å². The van der Waals surface area contributed by atoms with Crippen molar-refractivity contribution < 1.29 is 14.2 Å². The molecule has 1 aromatic rings. The van der Waals surface area contributed by atoms with Crippen LogP contribution in [0.5, 0.6) is 11.8 Å². The number of hydrogen-bond acceptors (Lipinski definition) is 6. The third-order valence-corrected chi connectivity index (χ3v) is 2.22. The Balaban J connectivity index is 1.83.